The van der Waals surface area contributed by atoms with Gasteiger partial charge in [0, 0.05) is 29.6 Å². The van der Waals surface area contributed by atoms with Gasteiger partial charge in [0.1, 0.15) is 12.9 Å². The van der Waals surface area contributed by atoms with Crippen molar-refractivity contribution in [2.75, 3.05) is 7.11 Å². The molecule has 0 atom stereocenters. The molecule has 0 unspecified atom stereocenters. The van der Waals surface area contributed by atoms with Crippen LogP contribution in [0.2, 0.25) is 0 Å². The lowest BCUT2D eigenvalue weighted by molar-refractivity contribution is -0.386. The van der Waals surface area contributed by atoms with Crippen molar-refractivity contribution in [3.05, 3.63) is 57.9 Å². The quantitative estimate of drug-likeness (QED) is 0.460. The van der Waals surface area contributed by atoms with E-state index in [1.807, 2.05) is 0 Å². The maximum atomic E-state index is 11.1. The van der Waals surface area contributed by atoms with Crippen molar-refractivity contribution in [1.82, 2.24) is 4.98 Å². The summed E-state index contributed by atoms with van der Waals surface area (Å²) in [4.78, 5) is 25.2. The van der Waals surface area contributed by atoms with Crippen LogP contribution in [0.25, 0.3) is 0 Å². The number of pyridine rings is 1. The van der Waals surface area contributed by atoms with Gasteiger partial charge >= 0.3 is 5.69 Å². The van der Waals surface area contributed by atoms with Gasteiger partial charge in [0.15, 0.2) is 5.75 Å². The third kappa shape index (κ3) is 3.33. The summed E-state index contributed by atoms with van der Waals surface area (Å²) < 4.78 is 10.5. The van der Waals surface area contributed by atoms with Crippen LogP contribution in [0.3, 0.4) is 0 Å². The van der Waals surface area contributed by atoms with E-state index in [1.54, 1.807) is 24.5 Å². The molecule has 2 aromatic rings. The van der Waals surface area contributed by atoms with Gasteiger partial charge in [-0.25, -0.2) is 0 Å². The molecule has 7 nitrogen and oxygen atoms in total. The Labute approximate surface area is 120 Å². The standard InChI is InChI=1S/C14H12N2O5/c1-20-13-6-11(8-17)5-12(16(18)19)14(13)21-9-10-3-2-4-15-7-10/h2-8H,9H2,1H3. The molecule has 0 aliphatic heterocycles. The number of rotatable bonds is 6. The first kappa shape index (κ1) is 14.4. The lowest BCUT2D eigenvalue weighted by Gasteiger charge is -2.11. The zero-order valence-corrected chi connectivity index (χ0v) is 11.2. The van der Waals surface area contributed by atoms with Gasteiger partial charge in [-0.2, -0.15) is 0 Å². The Balaban J connectivity index is 2.36. The van der Waals surface area contributed by atoms with Gasteiger partial charge in [-0.3, -0.25) is 19.9 Å². The summed E-state index contributed by atoms with van der Waals surface area (Å²) in [5.74, 6) is 0.118. The average Bonchev–Trinajstić information content (AvgIpc) is 2.52. The van der Waals surface area contributed by atoms with Crippen LogP contribution in [0.1, 0.15) is 15.9 Å². The fraction of sp³-hybridized carbons (Fsp3) is 0.143. The van der Waals surface area contributed by atoms with Gasteiger partial charge in [-0.1, -0.05) is 6.07 Å². The van der Waals surface area contributed by atoms with Crippen molar-refractivity contribution in [2.45, 2.75) is 6.61 Å². The second-order valence-corrected chi connectivity index (χ2v) is 4.10. The van der Waals surface area contributed by atoms with Crippen molar-refractivity contribution in [3.63, 3.8) is 0 Å². The van der Waals surface area contributed by atoms with Crippen LogP contribution in [0, 0.1) is 10.1 Å². The number of hydrogen-bond acceptors (Lipinski definition) is 6. The van der Waals surface area contributed by atoms with E-state index in [1.165, 1.54) is 13.2 Å². The van der Waals surface area contributed by atoms with Crippen LogP contribution in [0.4, 0.5) is 5.69 Å². The lowest BCUT2D eigenvalue weighted by atomic mass is 10.2. The Morgan fingerprint density at radius 2 is 2.24 bits per heavy atom. The first-order chi connectivity index (χ1) is 10.2. The highest BCUT2D eigenvalue weighted by Crippen LogP contribution is 2.38. The Morgan fingerprint density at radius 1 is 1.43 bits per heavy atom. The highest BCUT2D eigenvalue weighted by molar-refractivity contribution is 5.79. The van der Waals surface area contributed by atoms with E-state index < -0.39 is 4.92 Å². The molecular formula is C14H12N2O5. The molecule has 1 aromatic heterocycles. The van der Waals surface area contributed by atoms with Crippen LogP contribution in [0.15, 0.2) is 36.7 Å². The molecule has 7 heteroatoms. The van der Waals surface area contributed by atoms with Crippen LogP contribution in [0.5, 0.6) is 11.5 Å². The first-order valence-electron chi connectivity index (χ1n) is 5.99. The average molecular weight is 288 g/mol. The topological polar surface area (TPSA) is 91.6 Å². The summed E-state index contributed by atoms with van der Waals surface area (Å²) in [5, 5.41) is 11.1. The van der Waals surface area contributed by atoms with Gasteiger partial charge in [0.2, 0.25) is 5.75 Å². The first-order valence-corrected chi connectivity index (χ1v) is 5.99. The largest absolute Gasteiger partial charge is 0.493 e. The highest BCUT2D eigenvalue weighted by atomic mass is 16.6. The molecule has 0 saturated heterocycles. The predicted octanol–water partition coefficient (Wildman–Crippen LogP) is 2.39. The van der Waals surface area contributed by atoms with Crippen LogP contribution in [-0.2, 0) is 6.61 Å². The smallest absolute Gasteiger partial charge is 0.315 e. The fourth-order valence-electron chi connectivity index (χ4n) is 1.75. The van der Waals surface area contributed by atoms with Gasteiger partial charge < -0.3 is 9.47 Å². The monoisotopic (exact) mass is 288 g/mol. The molecule has 21 heavy (non-hydrogen) atoms. The maximum absolute atomic E-state index is 11.1. The summed E-state index contributed by atoms with van der Waals surface area (Å²) in [6, 6.07) is 6.05. The summed E-state index contributed by atoms with van der Waals surface area (Å²) in [6.07, 6.45) is 3.73. The minimum atomic E-state index is -0.617. The van der Waals surface area contributed by atoms with Crippen LogP contribution in [-0.4, -0.2) is 23.3 Å². The highest BCUT2D eigenvalue weighted by Gasteiger charge is 2.22. The normalized spacial score (nSPS) is 9.95. The summed E-state index contributed by atoms with van der Waals surface area (Å²) >= 11 is 0. The molecule has 0 spiro atoms. The second kappa shape index (κ2) is 6.47. The summed E-state index contributed by atoms with van der Waals surface area (Å²) in [7, 11) is 1.35. The van der Waals surface area contributed by atoms with Crippen LogP contribution < -0.4 is 9.47 Å². The number of hydrogen-bond donors (Lipinski definition) is 0. The second-order valence-electron chi connectivity index (χ2n) is 4.10. The fourth-order valence-corrected chi connectivity index (χ4v) is 1.75. The van der Waals surface area contributed by atoms with E-state index in [4.69, 9.17) is 9.47 Å². The van der Waals surface area contributed by atoms with Crippen molar-refractivity contribution in [2.24, 2.45) is 0 Å². The van der Waals surface area contributed by atoms with E-state index in [0.717, 1.165) is 11.6 Å². The summed E-state index contributed by atoms with van der Waals surface area (Å²) in [6.45, 7) is 0.103. The molecule has 0 bridgehead atoms. The third-order valence-corrected chi connectivity index (χ3v) is 2.72. The van der Waals surface area contributed by atoms with Crippen molar-refractivity contribution >= 4 is 12.0 Å². The van der Waals surface area contributed by atoms with Gasteiger partial charge in [-0.15, -0.1) is 0 Å². The molecule has 0 aliphatic carbocycles. The lowest BCUT2D eigenvalue weighted by Crippen LogP contribution is -2.02. The Morgan fingerprint density at radius 3 is 2.81 bits per heavy atom. The number of nitrogens with zero attached hydrogens (tertiary/aromatic N) is 2. The number of aldehydes is 1. The molecule has 108 valence electrons. The number of carbonyl (C=O) groups is 1. The van der Waals surface area contributed by atoms with Gasteiger partial charge in [0.05, 0.1) is 12.0 Å². The van der Waals surface area contributed by atoms with E-state index in [2.05, 4.69) is 4.98 Å². The number of carbonyl (C=O) groups excluding carboxylic acids is 1. The number of nitro groups is 1. The van der Waals surface area contributed by atoms with E-state index in [-0.39, 0.29) is 29.4 Å². The molecule has 0 radical (unpaired) electrons. The van der Waals surface area contributed by atoms with Crippen molar-refractivity contribution in [3.8, 4) is 11.5 Å². The minimum Gasteiger partial charge on any atom is -0.493 e. The maximum Gasteiger partial charge on any atom is 0.315 e. The van der Waals surface area contributed by atoms with Crippen LogP contribution >= 0.6 is 0 Å². The van der Waals surface area contributed by atoms with Crippen molar-refractivity contribution in [1.29, 1.82) is 0 Å². The van der Waals surface area contributed by atoms with E-state index in [9.17, 15) is 14.9 Å². The van der Waals surface area contributed by atoms with E-state index >= 15 is 0 Å². The Bertz CT molecular complexity index is 658. The number of ether oxygens (including phenoxy) is 2. The minimum absolute atomic E-state index is 0.0167. The SMILES string of the molecule is COc1cc(C=O)cc([N+](=O)[O-])c1OCc1cccnc1. The number of aromatic nitrogens is 1. The Hall–Kier alpha value is -2.96. The molecular weight excluding hydrogens is 276 g/mol. The molecule has 0 N–H and O–H groups in total. The zero-order chi connectivity index (χ0) is 15.2. The number of methoxy groups -OCH3 is 1. The zero-order valence-electron chi connectivity index (χ0n) is 11.2. The molecule has 0 aliphatic rings. The molecule has 2 rings (SSSR count). The summed E-state index contributed by atoms with van der Waals surface area (Å²) in [5.41, 5.74) is 0.584. The van der Waals surface area contributed by atoms with E-state index in [0.29, 0.717) is 6.29 Å². The number of nitro benzene ring substituents is 1. The third-order valence-electron chi connectivity index (χ3n) is 2.72. The molecule has 0 saturated carbocycles. The van der Waals surface area contributed by atoms with Gasteiger partial charge in [0.25, 0.3) is 0 Å². The van der Waals surface area contributed by atoms with Gasteiger partial charge in [-0.05, 0) is 12.1 Å². The molecule has 0 fully saturated rings. The molecule has 0 amide bonds. The Kier molecular flexibility index (Phi) is 4.45. The predicted molar refractivity (Wildman–Crippen MR) is 73.6 cm³/mol. The number of benzene rings is 1. The van der Waals surface area contributed by atoms with Crippen molar-refractivity contribution < 1.29 is 19.2 Å². The molecule has 1 aromatic carbocycles. The molecule has 1 heterocycles.